The van der Waals surface area contributed by atoms with E-state index in [-0.39, 0.29) is 11.0 Å². The zero-order chi connectivity index (χ0) is 26.9. The number of anilines is 2. The molecule has 0 saturated carbocycles. The fourth-order valence-electron chi connectivity index (χ4n) is 6.03. The molecule has 2 saturated heterocycles. The topological polar surface area (TPSA) is 113 Å². The van der Waals surface area contributed by atoms with Gasteiger partial charge in [0.15, 0.2) is 0 Å². The third-order valence-electron chi connectivity index (χ3n) is 8.11. The predicted molar refractivity (Wildman–Crippen MR) is 158 cm³/mol. The Labute approximate surface area is 225 Å². The molecule has 1 spiro atoms. The predicted octanol–water partition coefficient (Wildman–Crippen LogP) is 5.49. The number of hydrogen-bond acceptors (Lipinski definition) is 5. The van der Waals surface area contributed by atoms with Crippen LogP contribution in [0.25, 0.3) is 21.8 Å². The normalized spacial score (nSPS) is 19.9. The molecule has 200 valence electrons. The molecule has 0 aliphatic carbocycles. The van der Waals surface area contributed by atoms with Crippen molar-refractivity contribution in [2.75, 3.05) is 30.3 Å². The summed E-state index contributed by atoms with van der Waals surface area (Å²) in [7, 11) is 0. The number of aromatic amines is 1. The van der Waals surface area contributed by atoms with Crippen molar-refractivity contribution < 1.29 is 4.79 Å². The highest BCUT2D eigenvalue weighted by molar-refractivity contribution is 6.18. The molecule has 2 aromatic carbocycles. The number of amides is 1. The van der Waals surface area contributed by atoms with Crippen LogP contribution < -0.4 is 21.7 Å². The maximum atomic E-state index is 12.0. The van der Waals surface area contributed by atoms with Gasteiger partial charge in [0.25, 0.3) is 5.91 Å². The number of piperidine rings is 2. The van der Waals surface area contributed by atoms with E-state index in [0.717, 1.165) is 52.9 Å². The molecule has 4 heterocycles. The quantitative estimate of drug-likeness (QED) is 0.265. The van der Waals surface area contributed by atoms with Gasteiger partial charge in [-0.25, -0.2) is 4.98 Å². The summed E-state index contributed by atoms with van der Waals surface area (Å²) in [5.74, 6) is 0.536. The molecule has 0 radical (unpaired) electrons. The molecular weight excluding hydrogens is 472 g/mol. The van der Waals surface area contributed by atoms with Crippen LogP contribution in [0.5, 0.6) is 0 Å². The molecule has 1 amide bonds. The standard InChI is InChI=1S/C21H25N5O.C10H15N/c22-19(27)15-12-24-20(17-14-6-1-2-7-16(14)25-18(15)17)26-11-4-3-8-21(26)9-5-10-23-13-21;1-10(2,3)8-4-6-9(11)7-5-8/h1-2,6-7,12,23,25H,3-5,8-11,13H2,(H2,22,27);4-7H,11H2,1-3H3. The lowest BCUT2D eigenvalue weighted by atomic mass is 9.80. The number of nitrogens with two attached hydrogens (primary N) is 2. The lowest BCUT2D eigenvalue weighted by Gasteiger charge is -2.50. The minimum Gasteiger partial charge on any atom is -0.399 e. The largest absolute Gasteiger partial charge is 0.399 e. The van der Waals surface area contributed by atoms with E-state index in [4.69, 9.17) is 16.5 Å². The maximum absolute atomic E-state index is 12.0. The van der Waals surface area contributed by atoms with Gasteiger partial charge in [0.1, 0.15) is 5.82 Å². The Bertz CT molecular complexity index is 1420. The van der Waals surface area contributed by atoms with Crippen molar-refractivity contribution in [3.05, 3.63) is 65.9 Å². The summed E-state index contributed by atoms with van der Waals surface area (Å²) in [5, 5.41) is 5.72. The molecule has 2 aromatic heterocycles. The zero-order valence-corrected chi connectivity index (χ0v) is 22.8. The fourth-order valence-corrected chi connectivity index (χ4v) is 6.03. The van der Waals surface area contributed by atoms with Crippen molar-refractivity contribution in [2.24, 2.45) is 5.73 Å². The molecule has 0 bridgehead atoms. The highest BCUT2D eigenvalue weighted by Gasteiger charge is 2.41. The molecular formula is C31H40N6O. The molecule has 7 heteroatoms. The average Bonchev–Trinajstić information content (AvgIpc) is 3.29. The average molecular weight is 513 g/mol. The molecule has 2 aliphatic heterocycles. The first-order valence-electron chi connectivity index (χ1n) is 13.7. The Balaban J connectivity index is 0.000000226. The van der Waals surface area contributed by atoms with Crippen LogP contribution in [0, 0.1) is 0 Å². The number of nitrogens with one attached hydrogen (secondary N) is 2. The monoisotopic (exact) mass is 512 g/mol. The van der Waals surface area contributed by atoms with E-state index < -0.39 is 5.91 Å². The number of pyridine rings is 1. The van der Waals surface area contributed by atoms with Gasteiger partial charge >= 0.3 is 0 Å². The third-order valence-corrected chi connectivity index (χ3v) is 8.11. The van der Waals surface area contributed by atoms with Crippen molar-refractivity contribution >= 4 is 39.2 Å². The number of H-pyrrole nitrogens is 1. The van der Waals surface area contributed by atoms with Crippen LogP contribution in [-0.2, 0) is 5.41 Å². The highest BCUT2D eigenvalue weighted by Crippen LogP contribution is 2.42. The van der Waals surface area contributed by atoms with Crippen LogP contribution in [0.4, 0.5) is 11.5 Å². The smallest absolute Gasteiger partial charge is 0.252 e. The van der Waals surface area contributed by atoms with Crippen LogP contribution in [0.2, 0.25) is 0 Å². The number of fused-ring (bicyclic) bond motifs is 3. The summed E-state index contributed by atoms with van der Waals surface area (Å²) in [5.41, 5.74) is 16.0. The van der Waals surface area contributed by atoms with Crippen molar-refractivity contribution in [2.45, 2.75) is 63.8 Å². The van der Waals surface area contributed by atoms with Gasteiger partial charge in [-0.3, -0.25) is 4.79 Å². The molecule has 7 nitrogen and oxygen atoms in total. The first-order chi connectivity index (χ1) is 18.2. The first-order valence-corrected chi connectivity index (χ1v) is 13.7. The van der Waals surface area contributed by atoms with Crippen LogP contribution in [0.3, 0.4) is 0 Å². The highest BCUT2D eigenvalue weighted by atomic mass is 16.1. The minimum atomic E-state index is -0.446. The van der Waals surface area contributed by atoms with Crippen molar-refractivity contribution in [3.8, 4) is 0 Å². The summed E-state index contributed by atoms with van der Waals surface area (Å²) in [6.45, 7) is 9.66. The van der Waals surface area contributed by atoms with E-state index in [1.807, 2.05) is 30.3 Å². The Morgan fingerprint density at radius 1 is 1.03 bits per heavy atom. The van der Waals surface area contributed by atoms with Crippen molar-refractivity contribution in [3.63, 3.8) is 0 Å². The summed E-state index contributed by atoms with van der Waals surface area (Å²) < 4.78 is 0. The number of para-hydroxylation sites is 1. The number of nitrogens with zero attached hydrogens (tertiary/aromatic N) is 2. The summed E-state index contributed by atoms with van der Waals surface area (Å²) in [6, 6.07) is 16.2. The number of primary amides is 1. The number of benzene rings is 2. The van der Waals surface area contributed by atoms with Gasteiger partial charge in [-0.1, -0.05) is 51.1 Å². The second-order valence-corrected chi connectivity index (χ2v) is 11.8. The summed E-state index contributed by atoms with van der Waals surface area (Å²) >= 11 is 0. The third kappa shape index (κ3) is 4.95. The lowest BCUT2D eigenvalue weighted by molar-refractivity contribution is 0.100. The number of hydrogen-bond donors (Lipinski definition) is 4. The maximum Gasteiger partial charge on any atom is 0.252 e. The molecule has 1 atom stereocenters. The molecule has 38 heavy (non-hydrogen) atoms. The van der Waals surface area contributed by atoms with E-state index >= 15 is 0 Å². The minimum absolute atomic E-state index is 0.114. The van der Waals surface area contributed by atoms with E-state index in [9.17, 15) is 4.79 Å². The first kappa shape index (κ1) is 26.0. The Morgan fingerprint density at radius 2 is 1.76 bits per heavy atom. The Kier molecular flexibility index (Phi) is 7.05. The van der Waals surface area contributed by atoms with Gasteiger partial charge in [0.05, 0.1) is 22.0 Å². The van der Waals surface area contributed by atoms with Gasteiger partial charge in [-0.15, -0.1) is 0 Å². The number of carbonyl (C=O) groups excluding carboxylic acids is 1. The van der Waals surface area contributed by atoms with Crippen LogP contribution in [-0.4, -0.2) is 41.0 Å². The van der Waals surface area contributed by atoms with E-state index in [2.05, 4.69) is 54.2 Å². The molecule has 1 unspecified atom stereocenters. The molecule has 6 N–H and O–H groups in total. The van der Waals surface area contributed by atoms with Crippen molar-refractivity contribution in [1.82, 2.24) is 15.3 Å². The summed E-state index contributed by atoms with van der Waals surface area (Å²) in [4.78, 5) is 22.7. The Morgan fingerprint density at radius 3 is 2.45 bits per heavy atom. The molecule has 2 aliphatic rings. The molecule has 6 rings (SSSR count). The van der Waals surface area contributed by atoms with Gasteiger partial charge in [0, 0.05) is 35.9 Å². The second kappa shape index (κ2) is 10.3. The van der Waals surface area contributed by atoms with Crippen LogP contribution in [0.1, 0.15) is 68.8 Å². The van der Waals surface area contributed by atoms with Gasteiger partial charge < -0.3 is 26.7 Å². The van der Waals surface area contributed by atoms with Crippen LogP contribution in [0.15, 0.2) is 54.7 Å². The van der Waals surface area contributed by atoms with Gasteiger partial charge in [-0.05, 0) is 67.8 Å². The van der Waals surface area contributed by atoms with Gasteiger partial charge in [0.2, 0.25) is 0 Å². The lowest BCUT2D eigenvalue weighted by Crippen LogP contribution is -2.60. The number of rotatable bonds is 2. The number of aromatic nitrogens is 2. The van der Waals surface area contributed by atoms with E-state index in [0.29, 0.717) is 5.56 Å². The van der Waals surface area contributed by atoms with E-state index in [1.54, 1.807) is 6.20 Å². The SMILES string of the molecule is CC(C)(C)c1ccc(N)cc1.NC(=O)c1cnc(N2CCCCC23CCCNC3)c2c1[nH]c1ccccc12. The number of nitrogen functional groups attached to an aromatic ring is 1. The van der Waals surface area contributed by atoms with Crippen molar-refractivity contribution in [1.29, 1.82) is 0 Å². The fraction of sp³-hybridized carbons (Fsp3) is 0.419. The molecule has 4 aromatic rings. The summed E-state index contributed by atoms with van der Waals surface area (Å²) in [6.07, 6.45) is 7.63. The Hall–Kier alpha value is -3.58. The van der Waals surface area contributed by atoms with E-state index in [1.165, 1.54) is 37.7 Å². The van der Waals surface area contributed by atoms with Gasteiger partial charge in [-0.2, -0.15) is 0 Å². The zero-order valence-electron chi connectivity index (χ0n) is 22.8. The second-order valence-electron chi connectivity index (χ2n) is 11.8. The number of carbonyl (C=O) groups is 1. The van der Waals surface area contributed by atoms with Crippen LogP contribution >= 0.6 is 0 Å². The molecule has 2 fully saturated rings.